The van der Waals surface area contributed by atoms with Gasteiger partial charge in [-0.2, -0.15) is 0 Å². The third-order valence-corrected chi connectivity index (χ3v) is 3.00. The van der Waals surface area contributed by atoms with E-state index >= 15 is 0 Å². The number of hydrogen-bond acceptors (Lipinski definition) is 4. The number of amides is 4. The van der Waals surface area contributed by atoms with Crippen LogP contribution >= 0.6 is 0 Å². The first-order valence-electron chi connectivity index (χ1n) is 5.90. The summed E-state index contributed by atoms with van der Waals surface area (Å²) < 4.78 is 13.7. The maximum atomic E-state index is 13.7. The van der Waals surface area contributed by atoms with Crippen molar-refractivity contribution in [2.24, 2.45) is 0 Å². The molecular formula is C14H7FN2O4. The summed E-state index contributed by atoms with van der Waals surface area (Å²) in [4.78, 5) is 47.9. The fourth-order valence-electron chi connectivity index (χ4n) is 2.13. The Morgan fingerprint density at radius 1 is 0.619 bits per heavy atom. The molecule has 0 N–H and O–H groups in total. The van der Waals surface area contributed by atoms with Gasteiger partial charge in [0, 0.05) is 24.3 Å². The zero-order chi connectivity index (χ0) is 15.1. The summed E-state index contributed by atoms with van der Waals surface area (Å²) in [6, 6.07) is 3.18. The van der Waals surface area contributed by atoms with Crippen LogP contribution in [0.1, 0.15) is 0 Å². The maximum Gasteiger partial charge on any atom is 0.258 e. The molecule has 0 saturated carbocycles. The molecule has 2 aliphatic heterocycles. The number of rotatable bonds is 2. The van der Waals surface area contributed by atoms with E-state index in [1.807, 2.05) is 0 Å². The van der Waals surface area contributed by atoms with Crippen LogP contribution in [0.4, 0.5) is 15.8 Å². The first-order valence-corrected chi connectivity index (χ1v) is 5.90. The standard InChI is InChI=1S/C14H7FN2O4/c15-8-5-9(16-11(18)1-2-12(16)19)7-10(6-8)17-13(20)3-4-14(17)21/h1-7H. The lowest BCUT2D eigenvalue weighted by atomic mass is 10.2. The van der Waals surface area contributed by atoms with Gasteiger partial charge >= 0.3 is 0 Å². The van der Waals surface area contributed by atoms with Gasteiger partial charge in [0.05, 0.1) is 11.4 Å². The molecule has 21 heavy (non-hydrogen) atoms. The number of benzene rings is 1. The third-order valence-electron chi connectivity index (χ3n) is 3.00. The van der Waals surface area contributed by atoms with Crippen molar-refractivity contribution in [2.75, 3.05) is 9.80 Å². The summed E-state index contributed by atoms with van der Waals surface area (Å²) in [5.74, 6) is -3.24. The molecule has 0 aromatic heterocycles. The van der Waals surface area contributed by atoms with E-state index in [9.17, 15) is 23.6 Å². The molecule has 6 nitrogen and oxygen atoms in total. The second-order valence-electron chi connectivity index (χ2n) is 4.36. The minimum absolute atomic E-state index is 0.0440. The number of halogens is 1. The molecule has 3 rings (SSSR count). The van der Waals surface area contributed by atoms with Crippen LogP contribution in [0.2, 0.25) is 0 Å². The Morgan fingerprint density at radius 3 is 1.29 bits per heavy atom. The number of hydrogen-bond donors (Lipinski definition) is 0. The Balaban J connectivity index is 2.05. The van der Waals surface area contributed by atoms with Gasteiger partial charge in [-0.1, -0.05) is 0 Å². The quantitative estimate of drug-likeness (QED) is 0.749. The predicted octanol–water partition coefficient (Wildman–Crippen LogP) is 0.684. The van der Waals surface area contributed by atoms with E-state index in [1.54, 1.807) is 0 Å². The zero-order valence-electron chi connectivity index (χ0n) is 10.4. The molecule has 0 fully saturated rings. The average Bonchev–Trinajstić information content (AvgIpc) is 2.92. The van der Waals surface area contributed by atoms with Crippen LogP contribution in [0.3, 0.4) is 0 Å². The largest absolute Gasteiger partial charge is 0.269 e. The number of nitrogens with zero attached hydrogens (tertiary/aromatic N) is 2. The molecule has 0 radical (unpaired) electrons. The highest BCUT2D eigenvalue weighted by molar-refractivity contribution is 6.30. The summed E-state index contributed by atoms with van der Waals surface area (Å²) in [5, 5.41) is 0. The molecule has 104 valence electrons. The van der Waals surface area contributed by atoms with Crippen molar-refractivity contribution in [3.05, 3.63) is 48.3 Å². The van der Waals surface area contributed by atoms with Gasteiger partial charge in [0.2, 0.25) is 0 Å². The molecule has 0 bridgehead atoms. The van der Waals surface area contributed by atoms with Gasteiger partial charge in [0.15, 0.2) is 0 Å². The van der Waals surface area contributed by atoms with E-state index in [-0.39, 0.29) is 11.4 Å². The minimum Gasteiger partial charge on any atom is -0.269 e. The molecule has 0 atom stereocenters. The van der Waals surface area contributed by atoms with Crippen molar-refractivity contribution in [3.63, 3.8) is 0 Å². The highest BCUT2D eigenvalue weighted by atomic mass is 19.1. The van der Waals surface area contributed by atoms with Crippen molar-refractivity contribution in [1.29, 1.82) is 0 Å². The maximum absolute atomic E-state index is 13.7. The van der Waals surface area contributed by atoms with E-state index in [0.717, 1.165) is 46.2 Å². The van der Waals surface area contributed by atoms with Crippen LogP contribution in [0.25, 0.3) is 0 Å². The van der Waals surface area contributed by atoms with Crippen LogP contribution in [0, 0.1) is 5.82 Å². The Morgan fingerprint density at radius 2 is 0.952 bits per heavy atom. The van der Waals surface area contributed by atoms with Gasteiger partial charge in [0.25, 0.3) is 23.6 Å². The molecular weight excluding hydrogens is 279 g/mol. The normalized spacial score (nSPS) is 17.6. The number of carbonyl (C=O) groups is 4. The summed E-state index contributed by atoms with van der Waals surface area (Å²) >= 11 is 0. The molecule has 2 heterocycles. The molecule has 7 heteroatoms. The van der Waals surface area contributed by atoms with Gasteiger partial charge in [-0.05, 0) is 18.2 Å². The molecule has 0 saturated heterocycles. The first kappa shape index (κ1) is 12.9. The summed E-state index contributed by atoms with van der Waals surface area (Å²) in [6.45, 7) is 0. The highest BCUT2D eigenvalue weighted by Gasteiger charge is 2.29. The highest BCUT2D eigenvalue weighted by Crippen LogP contribution is 2.28. The van der Waals surface area contributed by atoms with Gasteiger partial charge in [-0.3, -0.25) is 19.2 Å². The van der Waals surface area contributed by atoms with Gasteiger partial charge < -0.3 is 0 Å². The Hall–Kier alpha value is -3.09. The molecule has 4 amide bonds. The fourth-order valence-corrected chi connectivity index (χ4v) is 2.13. The van der Waals surface area contributed by atoms with E-state index < -0.39 is 29.4 Å². The monoisotopic (exact) mass is 286 g/mol. The average molecular weight is 286 g/mol. The lowest BCUT2D eigenvalue weighted by molar-refractivity contribution is -0.121. The lowest BCUT2D eigenvalue weighted by Gasteiger charge is -2.18. The second kappa shape index (κ2) is 4.48. The van der Waals surface area contributed by atoms with Crippen molar-refractivity contribution >= 4 is 35.0 Å². The van der Waals surface area contributed by atoms with Crippen LogP contribution in [-0.2, 0) is 19.2 Å². The molecule has 0 unspecified atom stereocenters. The van der Waals surface area contributed by atoms with E-state index in [1.165, 1.54) is 6.07 Å². The molecule has 1 aromatic rings. The SMILES string of the molecule is O=C1C=CC(=O)N1c1cc(F)cc(N2C(=O)C=CC2=O)c1. The summed E-state index contributed by atoms with van der Waals surface area (Å²) in [7, 11) is 0. The Bertz CT molecular complexity index is 670. The van der Waals surface area contributed by atoms with Crippen molar-refractivity contribution < 1.29 is 23.6 Å². The van der Waals surface area contributed by atoms with Crippen molar-refractivity contribution in [3.8, 4) is 0 Å². The molecule has 0 aliphatic carbocycles. The van der Waals surface area contributed by atoms with Crippen LogP contribution in [-0.4, -0.2) is 23.6 Å². The molecule has 0 spiro atoms. The number of imide groups is 2. The molecule has 1 aromatic carbocycles. The first-order chi connectivity index (χ1) is 9.97. The lowest BCUT2D eigenvalue weighted by Crippen LogP contribution is -2.32. The van der Waals surface area contributed by atoms with Crippen molar-refractivity contribution in [2.45, 2.75) is 0 Å². The number of carbonyl (C=O) groups excluding carboxylic acids is 4. The van der Waals surface area contributed by atoms with Crippen LogP contribution < -0.4 is 9.80 Å². The Kier molecular flexibility index (Phi) is 2.76. The molecule has 2 aliphatic rings. The zero-order valence-corrected chi connectivity index (χ0v) is 10.4. The minimum atomic E-state index is -0.775. The van der Waals surface area contributed by atoms with Crippen molar-refractivity contribution in [1.82, 2.24) is 0 Å². The van der Waals surface area contributed by atoms with E-state index in [0.29, 0.717) is 0 Å². The summed E-state index contributed by atoms with van der Waals surface area (Å²) in [6.07, 6.45) is 4.22. The second-order valence-corrected chi connectivity index (χ2v) is 4.36. The van der Waals surface area contributed by atoms with Gasteiger partial charge in [0.1, 0.15) is 5.82 Å². The summed E-state index contributed by atoms with van der Waals surface area (Å²) in [5.41, 5.74) is -0.0880. The van der Waals surface area contributed by atoms with E-state index in [2.05, 4.69) is 0 Å². The topological polar surface area (TPSA) is 74.8 Å². The van der Waals surface area contributed by atoms with Gasteiger partial charge in [-0.15, -0.1) is 0 Å². The smallest absolute Gasteiger partial charge is 0.258 e. The Labute approximate surface area is 117 Å². The predicted molar refractivity (Wildman–Crippen MR) is 69.7 cm³/mol. The van der Waals surface area contributed by atoms with Gasteiger partial charge in [-0.25, -0.2) is 14.2 Å². The fraction of sp³-hybridized carbons (Fsp3) is 0. The third kappa shape index (κ3) is 2.04. The van der Waals surface area contributed by atoms with E-state index in [4.69, 9.17) is 0 Å². The number of anilines is 2. The van der Waals surface area contributed by atoms with Crippen LogP contribution in [0.5, 0.6) is 0 Å². The van der Waals surface area contributed by atoms with Crippen LogP contribution in [0.15, 0.2) is 42.5 Å².